The number of ether oxygens (including phenoxy) is 1. The number of sulfone groups is 1. The fourth-order valence-electron chi connectivity index (χ4n) is 2.78. The number of rotatable bonds is 6. The molecule has 0 saturated carbocycles. The maximum absolute atomic E-state index is 11.4. The predicted molar refractivity (Wildman–Crippen MR) is 151 cm³/mol. The Morgan fingerprint density at radius 1 is 0.821 bits per heavy atom. The lowest BCUT2D eigenvalue weighted by Gasteiger charge is -2.10. The van der Waals surface area contributed by atoms with Crippen molar-refractivity contribution in [3.63, 3.8) is 0 Å². The highest BCUT2D eigenvalue weighted by atomic mass is 32.2. The first-order chi connectivity index (χ1) is 18.1. The van der Waals surface area contributed by atoms with E-state index in [1.54, 1.807) is 43.3 Å². The minimum absolute atomic E-state index is 0.00472. The molecule has 39 heavy (non-hydrogen) atoms. The van der Waals surface area contributed by atoms with Gasteiger partial charge in [-0.25, -0.2) is 13.2 Å². The number of para-hydroxylation sites is 1. The molecule has 14 nitrogen and oxygen atoms in total. The molecule has 0 atom stereocenters. The smallest absolute Gasteiger partial charge is 0.340 e. The Labute approximate surface area is 226 Å². The Kier molecular flexibility index (Phi) is 11.8. The summed E-state index contributed by atoms with van der Waals surface area (Å²) in [6, 6.07) is 13.8. The molecule has 3 aromatic rings. The maximum Gasteiger partial charge on any atom is 0.340 e. The quantitative estimate of drug-likeness (QED) is 0.113. The van der Waals surface area contributed by atoms with E-state index in [9.17, 15) is 21.6 Å². The summed E-state index contributed by atoms with van der Waals surface area (Å²) in [5, 5.41) is 8.52. The summed E-state index contributed by atoms with van der Waals surface area (Å²) in [6.45, 7) is 1.75. The summed E-state index contributed by atoms with van der Waals surface area (Å²) in [4.78, 5) is 10.8. The molecule has 0 heterocycles. The zero-order valence-corrected chi connectivity index (χ0v) is 22.6. The first kappa shape index (κ1) is 32.8. The van der Waals surface area contributed by atoms with E-state index in [-0.39, 0.29) is 46.0 Å². The Balaban J connectivity index is 0.000000293. The molecule has 0 unspecified atom stereocenters. The third-order valence-corrected chi connectivity index (χ3v) is 7.34. The lowest BCUT2D eigenvalue weighted by Crippen LogP contribution is -2.10. The van der Waals surface area contributed by atoms with Crippen LogP contribution in [-0.4, -0.2) is 51.4 Å². The highest BCUT2D eigenvalue weighted by Gasteiger charge is 2.19. The number of hydrogen-bond acceptors (Lipinski definition) is 13. The lowest BCUT2D eigenvalue weighted by molar-refractivity contribution is 0.0527. The summed E-state index contributed by atoms with van der Waals surface area (Å²) in [5.41, 5.74) is 33.2. The van der Waals surface area contributed by atoms with Gasteiger partial charge < -0.3 is 44.2 Å². The van der Waals surface area contributed by atoms with Crippen LogP contribution < -0.4 is 34.4 Å². The van der Waals surface area contributed by atoms with Gasteiger partial charge in [0.1, 0.15) is 4.90 Å². The number of hydrogen-bond donors (Lipinski definition) is 8. The Hall–Kier alpha value is -4.25. The number of aliphatic hydroxyl groups is 1. The fraction of sp³-hybridized carbons (Fsp3) is 0.174. The molecule has 3 rings (SSSR count). The number of carbonyl (C=O) groups excluding carboxylic acids is 1. The second-order valence-corrected chi connectivity index (χ2v) is 11.1. The minimum Gasteiger partial charge on any atom is -0.462 e. The first-order valence-electron chi connectivity index (χ1n) is 11.0. The summed E-state index contributed by atoms with van der Waals surface area (Å²) < 4.78 is 57.9. The molecule has 0 aromatic heterocycles. The van der Waals surface area contributed by atoms with E-state index in [2.05, 4.69) is 0 Å². The van der Waals surface area contributed by atoms with E-state index in [1.807, 2.05) is 0 Å². The number of nitrogens with two attached hydrogens (primary N) is 6. The average Bonchev–Trinajstić information content (AvgIpc) is 2.85. The van der Waals surface area contributed by atoms with Crippen molar-refractivity contribution in [2.45, 2.75) is 16.7 Å². The largest absolute Gasteiger partial charge is 0.462 e. The maximum atomic E-state index is 11.4. The normalized spacial score (nSPS) is 10.8. The van der Waals surface area contributed by atoms with Gasteiger partial charge in [0, 0.05) is 11.4 Å². The molecule has 0 aliphatic rings. The monoisotopic (exact) mass is 584 g/mol. The van der Waals surface area contributed by atoms with Crippen LogP contribution in [0.4, 0.5) is 34.1 Å². The standard InChI is InChI=1S/C9H11NO2.C8H11NO3S.C6H10N4O3S/c1-2-12-9(11)7-5-3-4-6-8(7)10;9-7-2-1-3-8(6-7)13(11,12)5-4-10;7-2-1-3(14(11,12)13)5(9)6(10)4(2)8/h3-6H,2,10H2,1H3;1-3,6,10H,4-5,9H2;1H,7-10H2,(H,11,12,13). The third-order valence-electron chi connectivity index (χ3n) is 4.75. The molecular weight excluding hydrogens is 552 g/mol. The van der Waals surface area contributed by atoms with Crippen LogP contribution in [-0.2, 0) is 24.7 Å². The van der Waals surface area contributed by atoms with Crippen LogP contribution in [0.3, 0.4) is 0 Å². The van der Waals surface area contributed by atoms with Crippen molar-refractivity contribution in [2.75, 3.05) is 53.4 Å². The molecule has 0 amide bonds. The van der Waals surface area contributed by atoms with Gasteiger partial charge in [0.25, 0.3) is 10.1 Å². The summed E-state index contributed by atoms with van der Waals surface area (Å²) >= 11 is 0. The summed E-state index contributed by atoms with van der Waals surface area (Å²) in [7, 11) is -7.80. The fourth-order valence-corrected chi connectivity index (χ4v) is 4.52. The lowest BCUT2D eigenvalue weighted by atomic mass is 10.2. The number of benzene rings is 3. The molecule has 0 spiro atoms. The molecule has 214 valence electrons. The molecule has 0 aliphatic carbocycles. The van der Waals surface area contributed by atoms with Crippen LogP contribution in [0.25, 0.3) is 0 Å². The number of carbonyl (C=O) groups is 1. The molecule has 0 bridgehead atoms. The molecule has 16 heteroatoms. The van der Waals surface area contributed by atoms with Gasteiger partial charge in [-0.2, -0.15) is 8.42 Å². The van der Waals surface area contributed by atoms with Crippen LogP contribution in [0.1, 0.15) is 17.3 Å². The van der Waals surface area contributed by atoms with Crippen molar-refractivity contribution in [2.24, 2.45) is 0 Å². The van der Waals surface area contributed by atoms with Gasteiger partial charge in [-0.05, 0) is 43.3 Å². The average molecular weight is 585 g/mol. The Bertz CT molecular complexity index is 1510. The van der Waals surface area contributed by atoms with Gasteiger partial charge in [0.2, 0.25) is 0 Å². The Morgan fingerprint density at radius 3 is 1.95 bits per heavy atom. The second kappa shape index (κ2) is 14.1. The van der Waals surface area contributed by atoms with Crippen LogP contribution in [0, 0.1) is 0 Å². The summed E-state index contributed by atoms with van der Waals surface area (Å²) in [5.74, 6) is -0.633. The van der Waals surface area contributed by atoms with E-state index >= 15 is 0 Å². The van der Waals surface area contributed by atoms with E-state index in [0.717, 1.165) is 6.07 Å². The van der Waals surface area contributed by atoms with Gasteiger partial charge in [0.15, 0.2) is 9.84 Å². The molecular formula is C23H32N6O8S2. The van der Waals surface area contributed by atoms with E-state index in [1.165, 1.54) is 12.1 Å². The number of anilines is 6. The van der Waals surface area contributed by atoms with Gasteiger partial charge >= 0.3 is 5.97 Å². The first-order valence-corrected chi connectivity index (χ1v) is 14.1. The molecule has 0 aliphatic heterocycles. The minimum atomic E-state index is -4.44. The topological polar surface area (TPSA) is 291 Å². The van der Waals surface area contributed by atoms with E-state index in [0.29, 0.717) is 23.5 Å². The van der Waals surface area contributed by atoms with Crippen LogP contribution in [0.2, 0.25) is 0 Å². The highest BCUT2D eigenvalue weighted by molar-refractivity contribution is 7.91. The number of esters is 1. The summed E-state index contributed by atoms with van der Waals surface area (Å²) in [6.07, 6.45) is 0. The number of aliphatic hydroxyl groups excluding tert-OH is 1. The van der Waals surface area contributed by atoms with Crippen molar-refractivity contribution >= 4 is 60.0 Å². The molecule has 14 N–H and O–H groups in total. The zero-order valence-electron chi connectivity index (χ0n) is 20.9. The molecule has 3 aromatic carbocycles. The van der Waals surface area contributed by atoms with Crippen LogP contribution in [0.15, 0.2) is 64.4 Å². The zero-order chi connectivity index (χ0) is 30.0. The van der Waals surface area contributed by atoms with Crippen LogP contribution in [0.5, 0.6) is 0 Å². The predicted octanol–water partition coefficient (Wildman–Crippen LogP) is 0.742. The van der Waals surface area contributed by atoms with Crippen molar-refractivity contribution in [3.8, 4) is 0 Å². The van der Waals surface area contributed by atoms with Gasteiger partial charge in [-0.3, -0.25) is 4.55 Å². The molecule has 0 radical (unpaired) electrons. The van der Waals surface area contributed by atoms with E-state index < -0.39 is 24.9 Å². The number of nitrogen functional groups attached to an aromatic ring is 6. The second-order valence-electron chi connectivity index (χ2n) is 7.60. The van der Waals surface area contributed by atoms with Crippen LogP contribution >= 0.6 is 0 Å². The van der Waals surface area contributed by atoms with Crippen molar-refractivity contribution < 1.29 is 36.0 Å². The highest BCUT2D eigenvalue weighted by Crippen LogP contribution is 2.34. The van der Waals surface area contributed by atoms with Crippen molar-refractivity contribution in [3.05, 3.63) is 60.2 Å². The molecule has 0 saturated heterocycles. The van der Waals surface area contributed by atoms with Gasteiger partial charge in [0.05, 0.1) is 52.2 Å². The van der Waals surface area contributed by atoms with Crippen molar-refractivity contribution in [1.29, 1.82) is 0 Å². The van der Waals surface area contributed by atoms with Gasteiger partial charge in [-0.15, -0.1) is 0 Å². The third kappa shape index (κ3) is 9.53. The van der Waals surface area contributed by atoms with Gasteiger partial charge in [-0.1, -0.05) is 18.2 Å². The SMILES string of the molecule is CCOC(=O)c1ccccc1N.Nc1cc(S(=O)(=O)O)c(N)c(N)c1N.Nc1cccc(S(=O)(=O)CCO)c1. The molecule has 0 fully saturated rings. The van der Waals surface area contributed by atoms with E-state index in [4.69, 9.17) is 48.8 Å². The van der Waals surface area contributed by atoms with Crippen molar-refractivity contribution in [1.82, 2.24) is 0 Å². The Morgan fingerprint density at radius 2 is 1.44 bits per heavy atom.